The average Bonchev–Trinajstić information content (AvgIpc) is 3.09. The predicted molar refractivity (Wildman–Crippen MR) is 75.4 cm³/mol. The zero-order valence-corrected chi connectivity index (χ0v) is 11.4. The number of hydrogen-bond acceptors (Lipinski definition) is 3. The van der Waals surface area contributed by atoms with E-state index in [1.807, 2.05) is 23.1 Å². The summed E-state index contributed by atoms with van der Waals surface area (Å²) in [6.07, 6.45) is 2.01. The normalized spacial score (nSPS) is 18.2. The predicted octanol–water partition coefficient (Wildman–Crippen LogP) is 3.35. The van der Waals surface area contributed by atoms with Crippen LogP contribution in [-0.2, 0) is 0 Å². The molecule has 1 unspecified atom stereocenters. The van der Waals surface area contributed by atoms with Crippen molar-refractivity contribution in [3.8, 4) is 0 Å². The van der Waals surface area contributed by atoms with Crippen LogP contribution < -0.4 is 5.32 Å². The number of nitrogens with one attached hydrogen (secondary N) is 1. The molecule has 2 amide bonds. The number of likely N-dealkylation sites (tertiary alicyclic amines) is 1. The molecule has 20 heavy (non-hydrogen) atoms. The van der Waals surface area contributed by atoms with Gasteiger partial charge in [0.15, 0.2) is 5.82 Å². The molecule has 5 nitrogen and oxygen atoms in total. The topological polar surface area (TPSA) is 58.4 Å². The van der Waals surface area contributed by atoms with E-state index in [1.54, 1.807) is 13.0 Å². The van der Waals surface area contributed by atoms with Crippen LogP contribution in [0.15, 0.2) is 40.9 Å². The van der Waals surface area contributed by atoms with Gasteiger partial charge in [-0.25, -0.2) is 4.79 Å². The monoisotopic (exact) mass is 271 g/mol. The summed E-state index contributed by atoms with van der Waals surface area (Å²) in [6.45, 7) is 2.56. The van der Waals surface area contributed by atoms with E-state index >= 15 is 0 Å². The van der Waals surface area contributed by atoms with Gasteiger partial charge in [0.2, 0.25) is 0 Å². The lowest BCUT2D eigenvalue weighted by Gasteiger charge is -2.24. The van der Waals surface area contributed by atoms with Gasteiger partial charge in [0.25, 0.3) is 0 Å². The summed E-state index contributed by atoms with van der Waals surface area (Å²) in [5.41, 5.74) is 1.18. The number of nitrogens with zero attached hydrogens (tertiary/aromatic N) is 2. The van der Waals surface area contributed by atoms with Crippen LogP contribution in [0.5, 0.6) is 0 Å². The van der Waals surface area contributed by atoms with Gasteiger partial charge in [0, 0.05) is 12.6 Å². The van der Waals surface area contributed by atoms with E-state index in [0.717, 1.165) is 19.4 Å². The van der Waals surface area contributed by atoms with Crippen LogP contribution in [0.3, 0.4) is 0 Å². The maximum absolute atomic E-state index is 12.3. The smallest absolute Gasteiger partial charge is 0.323 e. The molecule has 3 rings (SSSR count). The Morgan fingerprint density at radius 2 is 2.20 bits per heavy atom. The summed E-state index contributed by atoms with van der Waals surface area (Å²) >= 11 is 0. The van der Waals surface area contributed by atoms with Gasteiger partial charge >= 0.3 is 6.03 Å². The molecule has 0 bridgehead atoms. The highest BCUT2D eigenvalue weighted by atomic mass is 16.5. The van der Waals surface area contributed by atoms with Gasteiger partial charge in [-0.15, -0.1) is 0 Å². The summed E-state index contributed by atoms with van der Waals surface area (Å²) in [4.78, 5) is 14.2. The molecule has 1 aromatic carbocycles. The Labute approximate surface area is 117 Å². The number of amides is 2. The Morgan fingerprint density at radius 1 is 1.40 bits per heavy atom. The third kappa shape index (κ3) is 2.52. The summed E-state index contributed by atoms with van der Waals surface area (Å²) in [6, 6.07) is 11.9. The Hall–Kier alpha value is -2.30. The van der Waals surface area contributed by atoms with Gasteiger partial charge in [-0.05, 0) is 25.3 Å². The van der Waals surface area contributed by atoms with Crippen molar-refractivity contribution < 1.29 is 9.32 Å². The number of aryl methyl sites for hydroxylation is 1. The summed E-state index contributed by atoms with van der Waals surface area (Å²) < 4.78 is 4.96. The van der Waals surface area contributed by atoms with Crippen LogP contribution in [0.1, 0.15) is 30.2 Å². The number of rotatable bonds is 2. The van der Waals surface area contributed by atoms with Gasteiger partial charge in [-0.1, -0.05) is 35.5 Å². The van der Waals surface area contributed by atoms with Crippen molar-refractivity contribution >= 4 is 11.8 Å². The van der Waals surface area contributed by atoms with Crippen molar-refractivity contribution in [2.75, 3.05) is 11.9 Å². The molecule has 104 valence electrons. The quantitative estimate of drug-likeness (QED) is 0.911. The van der Waals surface area contributed by atoms with Gasteiger partial charge < -0.3 is 9.42 Å². The van der Waals surface area contributed by atoms with Crippen molar-refractivity contribution in [3.05, 3.63) is 47.7 Å². The zero-order valence-electron chi connectivity index (χ0n) is 11.4. The molecule has 1 aliphatic rings. The lowest BCUT2D eigenvalue weighted by Crippen LogP contribution is -2.34. The fraction of sp³-hybridized carbons (Fsp3) is 0.333. The standard InChI is InChI=1S/C15H17N3O2/c1-11-10-14(17-20-11)16-15(19)18-9-5-8-13(18)12-6-3-2-4-7-12/h2-4,6-7,10,13H,5,8-9H2,1H3,(H,16,17,19). The van der Waals surface area contributed by atoms with E-state index in [9.17, 15) is 4.79 Å². The largest absolute Gasteiger partial charge is 0.360 e. The van der Waals surface area contributed by atoms with E-state index in [1.165, 1.54) is 5.56 Å². The van der Waals surface area contributed by atoms with E-state index < -0.39 is 0 Å². The highest BCUT2D eigenvalue weighted by molar-refractivity contribution is 5.88. The minimum Gasteiger partial charge on any atom is -0.360 e. The Morgan fingerprint density at radius 3 is 2.90 bits per heavy atom. The zero-order chi connectivity index (χ0) is 13.9. The molecule has 1 aliphatic heterocycles. The number of hydrogen-bond donors (Lipinski definition) is 1. The van der Waals surface area contributed by atoms with Gasteiger partial charge in [0.05, 0.1) is 6.04 Å². The molecular weight excluding hydrogens is 254 g/mol. The number of carbonyl (C=O) groups is 1. The summed E-state index contributed by atoms with van der Waals surface area (Å²) in [5, 5.41) is 6.58. The number of urea groups is 1. The van der Waals surface area contributed by atoms with Gasteiger partial charge in [-0.3, -0.25) is 5.32 Å². The first kappa shape index (κ1) is 12.7. The first-order valence-electron chi connectivity index (χ1n) is 6.80. The molecular formula is C15H17N3O2. The van der Waals surface area contributed by atoms with E-state index in [0.29, 0.717) is 11.6 Å². The number of anilines is 1. The van der Waals surface area contributed by atoms with Gasteiger partial charge in [-0.2, -0.15) is 0 Å². The molecule has 2 aromatic rings. The fourth-order valence-corrected chi connectivity index (χ4v) is 2.64. The maximum Gasteiger partial charge on any atom is 0.323 e. The minimum absolute atomic E-state index is 0.121. The lowest BCUT2D eigenvalue weighted by molar-refractivity contribution is 0.207. The van der Waals surface area contributed by atoms with E-state index in [2.05, 4.69) is 22.6 Å². The van der Waals surface area contributed by atoms with E-state index in [-0.39, 0.29) is 12.1 Å². The van der Waals surface area contributed by atoms with Gasteiger partial charge in [0.1, 0.15) is 5.76 Å². The van der Waals surface area contributed by atoms with Crippen molar-refractivity contribution in [2.45, 2.75) is 25.8 Å². The molecule has 0 spiro atoms. The number of aromatic nitrogens is 1. The second-order valence-electron chi connectivity index (χ2n) is 5.02. The molecule has 1 N–H and O–H groups in total. The van der Waals surface area contributed by atoms with Crippen molar-refractivity contribution in [1.82, 2.24) is 10.1 Å². The molecule has 0 aliphatic carbocycles. The highest BCUT2D eigenvalue weighted by Gasteiger charge is 2.30. The SMILES string of the molecule is Cc1cc(NC(=O)N2CCCC2c2ccccc2)no1. The van der Waals surface area contributed by atoms with E-state index in [4.69, 9.17) is 4.52 Å². The minimum atomic E-state index is -0.121. The highest BCUT2D eigenvalue weighted by Crippen LogP contribution is 2.32. The Balaban J connectivity index is 1.73. The molecule has 0 radical (unpaired) electrons. The molecule has 1 aromatic heterocycles. The first-order valence-corrected chi connectivity index (χ1v) is 6.80. The molecule has 1 saturated heterocycles. The second-order valence-corrected chi connectivity index (χ2v) is 5.02. The van der Waals surface area contributed by atoms with Crippen LogP contribution in [0.25, 0.3) is 0 Å². The fourth-order valence-electron chi connectivity index (χ4n) is 2.64. The average molecular weight is 271 g/mol. The summed E-state index contributed by atoms with van der Waals surface area (Å²) in [5.74, 6) is 1.15. The second kappa shape index (κ2) is 5.36. The summed E-state index contributed by atoms with van der Waals surface area (Å²) in [7, 11) is 0. The molecule has 0 saturated carbocycles. The van der Waals surface area contributed by atoms with Crippen LogP contribution in [0, 0.1) is 6.92 Å². The number of benzene rings is 1. The van der Waals surface area contributed by atoms with Crippen molar-refractivity contribution in [3.63, 3.8) is 0 Å². The molecule has 1 fully saturated rings. The maximum atomic E-state index is 12.3. The molecule has 2 heterocycles. The Bertz CT molecular complexity index is 594. The van der Waals surface area contributed by atoms with Crippen LogP contribution in [0.2, 0.25) is 0 Å². The first-order chi connectivity index (χ1) is 9.74. The number of carbonyl (C=O) groups excluding carboxylic acids is 1. The van der Waals surface area contributed by atoms with Crippen LogP contribution in [-0.4, -0.2) is 22.6 Å². The van der Waals surface area contributed by atoms with Crippen LogP contribution >= 0.6 is 0 Å². The third-order valence-corrected chi connectivity index (χ3v) is 3.56. The lowest BCUT2D eigenvalue weighted by atomic mass is 10.1. The third-order valence-electron chi connectivity index (χ3n) is 3.56. The molecule has 5 heteroatoms. The Kier molecular flexibility index (Phi) is 3.41. The van der Waals surface area contributed by atoms with Crippen LogP contribution in [0.4, 0.5) is 10.6 Å². The van der Waals surface area contributed by atoms with Crippen molar-refractivity contribution in [1.29, 1.82) is 0 Å². The molecule has 1 atom stereocenters. The van der Waals surface area contributed by atoms with Crippen molar-refractivity contribution in [2.24, 2.45) is 0 Å².